The Bertz CT molecular complexity index is 442. The monoisotopic (exact) mass is 331 g/mol. The fourth-order valence-electron chi connectivity index (χ4n) is 1.62. The molecule has 0 aliphatic rings. The average Bonchev–Trinajstić information content (AvgIpc) is 2.48. The normalized spacial score (nSPS) is 11.0. The largest absolute Gasteiger partial charge is 0.573 e. The highest BCUT2D eigenvalue weighted by atomic mass is 19.4. The first-order valence-corrected chi connectivity index (χ1v) is 7.59. The molecule has 0 heterocycles. The molecule has 0 spiro atoms. The van der Waals surface area contributed by atoms with Gasteiger partial charge in [0.2, 0.25) is 0 Å². The van der Waals surface area contributed by atoms with Crippen LogP contribution in [-0.4, -0.2) is 12.6 Å². The summed E-state index contributed by atoms with van der Waals surface area (Å²) in [6.45, 7) is 2.14. The molecule has 0 radical (unpaired) electrons. The summed E-state index contributed by atoms with van der Waals surface area (Å²) in [6, 6.07) is 4.98. The molecule has 0 amide bonds. The van der Waals surface area contributed by atoms with E-state index in [4.69, 9.17) is 5.73 Å². The maximum Gasteiger partial charge on any atom is 0.573 e. The van der Waals surface area contributed by atoms with Gasteiger partial charge in [-0.1, -0.05) is 25.5 Å². The molecule has 2 N–H and O–H groups in total. The van der Waals surface area contributed by atoms with Crippen molar-refractivity contribution in [1.82, 2.24) is 0 Å². The molecule has 0 aromatic heterocycles. The Morgan fingerprint density at radius 1 is 1.04 bits per heavy atom. The van der Waals surface area contributed by atoms with Gasteiger partial charge in [-0.05, 0) is 49.9 Å². The van der Waals surface area contributed by atoms with Crippen LogP contribution in [0.5, 0.6) is 5.75 Å². The molecule has 1 aromatic rings. The van der Waals surface area contributed by atoms with Gasteiger partial charge in [0.15, 0.2) is 0 Å². The molecule has 0 aliphatic carbocycles. The van der Waals surface area contributed by atoms with Crippen molar-refractivity contribution in [2.24, 2.45) is 0 Å². The molecule has 130 valence electrons. The lowest BCUT2D eigenvalue weighted by molar-refractivity contribution is -0.274. The predicted molar refractivity (Wildman–Crippen MR) is 86.1 cm³/mol. The minimum Gasteiger partial charge on any atom is -0.406 e. The molecule has 0 saturated carbocycles. The Balaban J connectivity index is 0.000000423. The average molecular weight is 331 g/mol. The fraction of sp³-hybridized carbons (Fsp3) is 0.471. The molecule has 0 fully saturated rings. The summed E-state index contributed by atoms with van der Waals surface area (Å²) in [7, 11) is 0. The first-order chi connectivity index (χ1) is 10.9. The molecule has 23 heavy (non-hydrogen) atoms. The third-order valence-electron chi connectivity index (χ3n) is 2.71. The number of rotatable bonds is 8. The van der Waals surface area contributed by atoms with Crippen molar-refractivity contribution in [2.75, 3.05) is 5.73 Å². The quantitative estimate of drug-likeness (QED) is 0.305. The van der Waals surface area contributed by atoms with Crippen LogP contribution < -0.4 is 10.5 Å². The third-order valence-corrected chi connectivity index (χ3v) is 2.71. The summed E-state index contributed by atoms with van der Waals surface area (Å²) in [5.41, 5.74) is 5.65. The maximum atomic E-state index is 11.6. The Kier molecular flexibility index (Phi) is 11.5. The van der Waals surface area contributed by atoms with Crippen molar-refractivity contribution in [3.05, 3.63) is 36.4 Å². The van der Waals surface area contributed by atoms with Crippen LogP contribution in [0, 0.1) is 0 Å². The van der Waals surface area contributed by atoms with Crippen LogP contribution in [0.4, 0.5) is 18.9 Å². The van der Waals surface area contributed by atoms with E-state index in [-0.39, 0.29) is 5.75 Å². The number of allylic oxidation sites excluding steroid dienone is 2. The van der Waals surface area contributed by atoms with E-state index in [1.165, 1.54) is 31.4 Å². The lowest BCUT2D eigenvalue weighted by atomic mass is 10.1. The van der Waals surface area contributed by atoms with E-state index in [2.05, 4.69) is 23.8 Å². The van der Waals surface area contributed by atoms with Gasteiger partial charge in [0.25, 0.3) is 0 Å². The molecular weight excluding hydrogens is 307 g/mol. The van der Waals surface area contributed by atoms with Crippen LogP contribution in [0.25, 0.3) is 0 Å². The van der Waals surface area contributed by atoms with Crippen LogP contribution in [0.15, 0.2) is 36.4 Å². The molecule has 0 unspecified atom stereocenters. The van der Waals surface area contributed by atoms with Crippen molar-refractivity contribution in [2.45, 2.75) is 51.8 Å². The molecule has 0 saturated heterocycles. The first-order valence-electron chi connectivity index (χ1n) is 7.59. The SMILES string of the molecule is CCC=CCCCCCC=O.Nc1ccc(OC(F)(F)F)cc1. The van der Waals surface area contributed by atoms with Gasteiger partial charge in [-0.15, -0.1) is 13.2 Å². The van der Waals surface area contributed by atoms with Gasteiger partial charge >= 0.3 is 6.36 Å². The van der Waals surface area contributed by atoms with Crippen molar-refractivity contribution in [1.29, 1.82) is 0 Å². The van der Waals surface area contributed by atoms with Crippen LogP contribution in [0.2, 0.25) is 0 Å². The number of hydrogen-bond acceptors (Lipinski definition) is 3. The number of nitrogen functional groups attached to an aromatic ring is 1. The van der Waals surface area contributed by atoms with Crippen molar-refractivity contribution >= 4 is 12.0 Å². The number of alkyl halides is 3. The van der Waals surface area contributed by atoms with Gasteiger partial charge in [-0.3, -0.25) is 0 Å². The number of halogens is 3. The highest BCUT2D eigenvalue weighted by molar-refractivity contribution is 5.48. The highest BCUT2D eigenvalue weighted by Gasteiger charge is 2.30. The Morgan fingerprint density at radius 2 is 1.65 bits per heavy atom. The minimum absolute atomic E-state index is 0.267. The van der Waals surface area contributed by atoms with E-state index in [9.17, 15) is 18.0 Å². The minimum atomic E-state index is -4.64. The number of hydrogen-bond donors (Lipinski definition) is 1. The van der Waals surface area contributed by atoms with E-state index < -0.39 is 6.36 Å². The number of ether oxygens (including phenoxy) is 1. The summed E-state index contributed by atoms with van der Waals surface area (Å²) in [5.74, 6) is -0.267. The Hall–Kier alpha value is -1.98. The van der Waals surface area contributed by atoms with Crippen molar-refractivity contribution < 1.29 is 22.7 Å². The number of nitrogens with two attached hydrogens (primary N) is 1. The molecule has 1 aromatic carbocycles. The van der Waals surface area contributed by atoms with E-state index in [0.29, 0.717) is 5.69 Å². The Morgan fingerprint density at radius 3 is 2.17 bits per heavy atom. The van der Waals surface area contributed by atoms with Crippen molar-refractivity contribution in [3.63, 3.8) is 0 Å². The van der Waals surface area contributed by atoms with Gasteiger partial charge in [0, 0.05) is 12.1 Å². The molecule has 0 aliphatic heterocycles. The zero-order valence-electron chi connectivity index (χ0n) is 13.3. The number of unbranched alkanes of at least 4 members (excludes halogenated alkanes) is 4. The summed E-state index contributed by atoms with van der Waals surface area (Å²) in [5, 5.41) is 0. The van der Waals surface area contributed by atoms with E-state index >= 15 is 0 Å². The molecule has 1 rings (SSSR count). The lowest BCUT2D eigenvalue weighted by Crippen LogP contribution is -2.16. The second-order valence-corrected chi connectivity index (χ2v) is 4.80. The standard InChI is InChI=1S/C10H18O.C7H6F3NO/c1-2-3-4-5-6-7-8-9-10-11;8-7(9,10)12-6-3-1-5(11)2-4-6/h3-4,10H,2,5-9H2,1H3;1-4H,11H2. The predicted octanol–water partition coefficient (Wildman–Crippen LogP) is 5.27. The number of carbonyl (C=O) groups is 1. The van der Waals surface area contributed by atoms with Crippen LogP contribution >= 0.6 is 0 Å². The topological polar surface area (TPSA) is 52.3 Å². The lowest BCUT2D eigenvalue weighted by Gasteiger charge is -2.07. The molecular formula is C17H24F3NO2. The van der Waals surface area contributed by atoms with E-state index in [1.54, 1.807) is 0 Å². The first kappa shape index (κ1) is 21.0. The van der Waals surface area contributed by atoms with Gasteiger partial charge in [0.05, 0.1) is 0 Å². The number of carbonyl (C=O) groups excluding carboxylic acids is 1. The zero-order valence-corrected chi connectivity index (χ0v) is 13.3. The summed E-state index contributed by atoms with van der Waals surface area (Å²) in [4.78, 5) is 9.93. The summed E-state index contributed by atoms with van der Waals surface area (Å²) >= 11 is 0. The zero-order chi connectivity index (χ0) is 17.6. The molecule has 0 atom stereocenters. The smallest absolute Gasteiger partial charge is 0.406 e. The van der Waals surface area contributed by atoms with Gasteiger partial charge in [-0.2, -0.15) is 0 Å². The van der Waals surface area contributed by atoms with E-state index in [1.807, 2.05) is 0 Å². The fourth-order valence-corrected chi connectivity index (χ4v) is 1.62. The number of benzene rings is 1. The number of aldehydes is 1. The molecule has 0 bridgehead atoms. The maximum absolute atomic E-state index is 11.6. The summed E-state index contributed by atoms with van der Waals surface area (Å²) < 4.78 is 38.4. The van der Waals surface area contributed by atoms with E-state index in [0.717, 1.165) is 37.7 Å². The third kappa shape index (κ3) is 14.7. The highest BCUT2D eigenvalue weighted by Crippen LogP contribution is 2.22. The van der Waals surface area contributed by atoms with Crippen LogP contribution in [-0.2, 0) is 4.79 Å². The number of anilines is 1. The van der Waals surface area contributed by atoms with Crippen LogP contribution in [0.3, 0.4) is 0 Å². The van der Waals surface area contributed by atoms with Gasteiger partial charge < -0.3 is 15.3 Å². The second-order valence-electron chi connectivity index (χ2n) is 4.80. The van der Waals surface area contributed by atoms with Crippen molar-refractivity contribution in [3.8, 4) is 5.75 Å². The summed E-state index contributed by atoms with van der Waals surface area (Å²) in [6.07, 6.45) is 7.29. The van der Waals surface area contributed by atoms with Gasteiger partial charge in [0.1, 0.15) is 12.0 Å². The van der Waals surface area contributed by atoms with Gasteiger partial charge in [-0.25, -0.2) is 0 Å². The van der Waals surface area contributed by atoms with Crippen LogP contribution in [0.1, 0.15) is 45.4 Å². The molecule has 3 nitrogen and oxygen atoms in total. The second kappa shape index (κ2) is 12.6. The Labute approximate surface area is 135 Å². The molecule has 6 heteroatoms.